The van der Waals surface area contributed by atoms with Crippen LogP contribution in [0.1, 0.15) is 59.3 Å². The second kappa shape index (κ2) is 12.2. The zero-order valence-electron chi connectivity index (χ0n) is 21.2. The van der Waals surface area contributed by atoms with Gasteiger partial charge < -0.3 is 10.1 Å². The normalized spacial score (nSPS) is 24.5. The van der Waals surface area contributed by atoms with E-state index in [1.54, 1.807) is 31.4 Å². The topological polar surface area (TPSA) is 82.2 Å². The molecule has 0 bridgehead atoms. The van der Waals surface area contributed by atoms with E-state index in [1.807, 2.05) is 6.92 Å². The van der Waals surface area contributed by atoms with Gasteiger partial charge in [0.25, 0.3) is 0 Å². The van der Waals surface area contributed by atoms with Crippen LogP contribution in [-0.2, 0) is 15.0 Å². The Morgan fingerprint density at radius 2 is 1.79 bits per heavy atom. The van der Waals surface area contributed by atoms with E-state index in [1.165, 1.54) is 27.9 Å². The van der Waals surface area contributed by atoms with Gasteiger partial charge in [0, 0.05) is 44.8 Å². The lowest BCUT2D eigenvalue weighted by Crippen LogP contribution is -2.51. The van der Waals surface area contributed by atoms with Crippen LogP contribution in [0.4, 0.5) is 5.69 Å². The second-order valence-corrected chi connectivity index (χ2v) is 11.4. The molecule has 2 aliphatic rings. The number of hydrogen-bond acceptors (Lipinski definition) is 5. The molecule has 0 spiro atoms. The summed E-state index contributed by atoms with van der Waals surface area (Å²) in [5, 5.41) is 3.07. The van der Waals surface area contributed by atoms with Crippen LogP contribution in [0.5, 0.6) is 5.75 Å². The third-order valence-electron chi connectivity index (χ3n) is 7.28. The highest BCUT2D eigenvalue weighted by Crippen LogP contribution is 2.27. The van der Waals surface area contributed by atoms with Crippen LogP contribution in [0.25, 0.3) is 0 Å². The maximum atomic E-state index is 13.4. The van der Waals surface area contributed by atoms with Crippen molar-refractivity contribution >= 4 is 21.8 Å². The van der Waals surface area contributed by atoms with Crippen molar-refractivity contribution in [2.75, 3.05) is 44.1 Å². The van der Waals surface area contributed by atoms with Gasteiger partial charge in [0.15, 0.2) is 0 Å². The Kier molecular flexibility index (Phi) is 9.62. The molecule has 0 aliphatic carbocycles. The SMILES string of the molecule is CCN(c1ccc(OC)cc1)S(=O)(=O)N1CCC[C@H](C(=O)NCCCN2[C@H](C)CCC[C@@H]2C)C1. The summed E-state index contributed by atoms with van der Waals surface area (Å²) in [6, 6.07) is 8.21. The highest BCUT2D eigenvalue weighted by Gasteiger charge is 2.35. The van der Waals surface area contributed by atoms with E-state index >= 15 is 0 Å². The Morgan fingerprint density at radius 3 is 2.41 bits per heavy atom. The van der Waals surface area contributed by atoms with Crippen molar-refractivity contribution in [2.24, 2.45) is 5.92 Å². The summed E-state index contributed by atoms with van der Waals surface area (Å²) < 4.78 is 34.9. The third kappa shape index (κ3) is 6.43. The van der Waals surface area contributed by atoms with Gasteiger partial charge in [-0.1, -0.05) is 6.42 Å². The van der Waals surface area contributed by atoms with Crippen molar-refractivity contribution in [1.82, 2.24) is 14.5 Å². The molecule has 1 aromatic rings. The molecule has 8 nitrogen and oxygen atoms in total. The fraction of sp³-hybridized carbons (Fsp3) is 0.720. The highest BCUT2D eigenvalue weighted by atomic mass is 32.2. The van der Waals surface area contributed by atoms with Crippen LogP contribution in [0, 0.1) is 5.92 Å². The van der Waals surface area contributed by atoms with Crippen LogP contribution < -0.4 is 14.4 Å². The Balaban J connectivity index is 1.54. The molecule has 1 aromatic carbocycles. The van der Waals surface area contributed by atoms with Gasteiger partial charge in [-0.2, -0.15) is 12.7 Å². The average molecular weight is 495 g/mol. The van der Waals surface area contributed by atoms with Crippen molar-refractivity contribution in [3.63, 3.8) is 0 Å². The van der Waals surface area contributed by atoms with Gasteiger partial charge in [0.2, 0.25) is 5.91 Å². The van der Waals surface area contributed by atoms with Gasteiger partial charge in [0.1, 0.15) is 5.75 Å². The summed E-state index contributed by atoms with van der Waals surface area (Å²) in [5.74, 6) is 0.328. The van der Waals surface area contributed by atoms with Crippen molar-refractivity contribution in [2.45, 2.75) is 71.4 Å². The molecule has 2 aliphatic heterocycles. The summed E-state index contributed by atoms with van der Waals surface area (Å²) in [5.41, 5.74) is 0.594. The number of hydrogen-bond donors (Lipinski definition) is 1. The highest BCUT2D eigenvalue weighted by molar-refractivity contribution is 7.90. The Hall–Kier alpha value is -1.84. The number of likely N-dealkylation sites (tertiary alicyclic amines) is 1. The Bertz CT molecular complexity index is 883. The fourth-order valence-electron chi connectivity index (χ4n) is 5.27. The first-order valence-electron chi connectivity index (χ1n) is 12.7. The molecular weight excluding hydrogens is 452 g/mol. The standard InChI is InChI=1S/C25H42N4O4S/c1-5-29(23-12-14-24(33-4)15-13-23)34(31,32)27-17-7-11-22(19-27)25(30)26-16-8-18-28-20(2)9-6-10-21(28)3/h12-15,20-22H,5-11,16-19H2,1-4H3,(H,26,30)/t20-,21+,22-/m0/s1. The monoisotopic (exact) mass is 494 g/mol. The number of piperidine rings is 2. The first-order chi connectivity index (χ1) is 16.3. The van der Waals surface area contributed by atoms with Crippen molar-refractivity contribution < 1.29 is 17.9 Å². The van der Waals surface area contributed by atoms with E-state index in [2.05, 4.69) is 24.1 Å². The fourth-order valence-corrected chi connectivity index (χ4v) is 6.99. The van der Waals surface area contributed by atoms with Crippen molar-refractivity contribution in [3.8, 4) is 5.75 Å². The van der Waals surface area contributed by atoms with Crippen LogP contribution in [0.3, 0.4) is 0 Å². The number of nitrogens with one attached hydrogen (secondary N) is 1. The quantitative estimate of drug-likeness (QED) is 0.505. The molecule has 0 radical (unpaired) electrons. The smallest absolute Gasteiger partial charge is 0.304 e. The van der Waals surface area contributed by atoms with E-state index < -0.39 is 10.2 Å². The lowest BCUT2D eigenvalue weighted by Gasteiger charge is -2.39. The minimum Gasteiger partial charge on any atom is -0.497 e. The molecule has 9 heteroatoms. The second-order valence-electron chi connectivity index (χ2n) is 9.58. The van der Waals surface area contributed by atoms with E-state index in [4.69, 9.17) is 4.74 Å². The molecule has 3 atom stereocenters. The molecule has 2 heterocycles. The number of rotatable bonds is 10. The molecular formula is C25H42N4O4S. The first-order valence-corrected chi connectivity index (χ1v) is 14.1. The van der Waals surface area contributed by atoms with Crippen molar-refractivity contribution in [3.05, 3.63) is 24.3 Å². The number of methoxy groups -OCH3 is 1. The first kappa shape index (κ1) is 26.8. The maximum Gasteiger partial charge on any atom is 0.304 e. The number of ether oxygens (including phenoxy) is 1. The van der Waals surface area contributed by atoms with Crippen LogP contribution >= 0.6 is 0 Å². The molecule has 34 heavy (non-hydrogen) atoms. The molecule has 1 N–H and O–H groups in total. The van der Waals surface area contributed by atoms with Gasteiger partial charge >= 0.3 is 10.2 Å². The molecule has 0 aromatic heterocycles. The molecule has 0 unspecified atom stereocenters. The largest absolute Gasteiger partial charge is 0.497 e. The van der Waals surface area contributed by atoms with Crippen LogP contribution in [-0.4, -0.2) is 75.4 Å². The van der Waals surface area contributed by atoms with Gasteiger partial charge in [-0.15, -0.1) is 0 Å². The molecule has 192 valence electrons. The van der Waals surface area contributed by atoms with Crippen molar-refractivity contribution in [1.29, 1.82) is 0 Å². The zero-order chi connectivity index (χ0) is 24.7. The summed E-state index contributed by atoms with van der Waals surface area (Å²) in [6.07, 6.45) is 6.09. The van der Waals surface area contributed by atoms with Gasteiger partial charge in [-0.05, 0) is 77.1 Å². The minimum absolute atomic E-state index is 0.0351. The third-order valence-corrected chi connectivity index (χ3v) is 9.29. The lowest BCUT2D eigenvalue weighted by molar-refractivity contribution is -0.126. The summed E-state index contributed by atoms with van der Waals surface area (Å²) in [6.45, 7) is 8.99. The Morgan fingerprint density at radius 1 is 1.12 bits per heavy atom. The predicted octanol–water partition coefficient (Wildman–Crippen LogP) is 3.25. The lowest BCUT2D eigenvalue weighted by atomic mass is 9.97. The molecule has 3 rings (SSSR count). The van der Waals surface area contributed by atoms with E-state index in [0.717, 1.165) is 13.0 Å². The van der Waals surface area contributed by atoms with Gasteiger partial charge in [-0.25, -0.2) is 0 Å². The van der Waals surface area contributed by atoms with E-state index in [0.29, 0.717) is 56.0 Å². The number of anilines is 1. The molecule has 2 fully saturated rings. The average Bonchev–Trinajstić information content (AvgIpc) is 2.84. The van der Waals surface area contributed by atoms with E-state index in [9.17, 15) is 13.2 Å². The predicted molar refractivity (Wildman–Crippen MR) is 136 cm³/mol. The summed E-state index contributed by atoms with van der Waals surface area (Å²) in [4.78, 5) is 15.4. The van der Waals surface area contributed by atoms with E-state index in [-0.39, 0.29) is 18.4 Å². The van der Waals surface area contributed by atoms with Gasteiger partial charge in [-0.3, -0.25) is 14.0 Å². The van der Waals surface area contributed by atoms with Crippen LogP contribution in [0.15, 0.2) is 24.3 Å². The van der Waals surface area contributed by atoms with Crippen LogP contribution in [0.2, 0.25) is 0 Å². The number of benzene rings is 1. The maximum absolute atomic E-state index is 13.4. The van der Waals surface area contributed by atoms with Gasteiger partial charge in [0.05, 0.1) is 18.7 Å². The number of amides is 1. The number of carbonyl (C=O) groups is 1. The molecule has 1 amide bonds. The zero-order valence-corrected chi connectivity index (χ0v) is 22.0. The minimum atomic E-state index is -3.73. The molecule has 0 saturated carbocycles. The number of nitrogens with zero attached hydrogens (tertiary/aromatic N) is 3. The number of carbonyl (C=O) groups excluding carboxylic acids is 1. The summed E-state index contributed by atoms with van der Waals surface area (Å²) >= 11 is 0. The summed E-state index contributed by atoms with van der Waals surface area (Å²) in [7, 11) is -2.15. The molecule has 2 saturated heterocycles. The Labute approximate surface area is 205 Å².